The Labute approximate surface area is 119 Å². The summed E-state index contributed by atoms with van der Waals surface area (Å²) in [7, 11) is 1.59. The summed E-state index contributed by atoms with van der Waals surface area (Å²) in [5, 5.41) is 5.78. The second-order valence-electron chi connectivity index (χ2n) is 5.21. The molecule has 1 aliphatic heterocycles. The van der Waals surface area contributed by atoms with Crippen molar-refractivity contribution in [3.63, 3.8) is 0 Å². The third kappa shape index (κ3) is 2.99. The van der Waals surface area contributed by atoms with E-state index < -0.39 is 6.04 Å². The van der Waals surface area contributed by atoms with Crippen molar-refractivity contribution < 1.29 is 9.59 Å². The second-order valence-corrected chi connectivity index (χ2v) is 5.21. The predicted octanol–water partition coefficient (Wildman–Crippen LogP) is 0.463. The van der Waals surface area contributed by atoms with Crippen LogP contribution in [0.1, 0.15) is 21.5 Å². The highest BCUT2D eigenvalue weighted by Crippen LogP contribution is 2.14. The summed E-state index contributed by atoms with van der Waals surface area (Å²) in [6.45, 7) is 5.69. The molecule has 5 nitrogen and oxygen atoms in total. The number of aryl methyl sites for hydroxylation is 2. The molecule has 0 bridgehead atoms. The van der Waals surface area contributed by atoms with Crippen molar-refractivity contribution in [2.75, 3.05) is 26.7 Å². The van der Waals surface area contributed by atoms with Crippen LogP contribution in [-0.4, -0.2) is 49.4 Å². The molecule has 2 rings (SSSR count). The standard InChI is InChI=1S/C15H21N3O2/c1-10-6-11(2)8-12(7-10)15(20)18-5-4-17-9-13(18)14(19)16-3/h6-8,13,17H,4-5,9H2,1-3H3,(H,16,19). The lowest BCUT2D eigenvalue weighted by Gasteiger charge is -2.35. The van der Waals surface area contributed by atoms with Gasteiger partial charge in [-0.05, 0) is 26.0 Å². The SMILES string of the molecule is CNC(=O)C1CNCCN1C(=O)c1cc(C)cc(C)c1. The van der Waals surface area contributed by atoms with Gasteiger partial charge in [-0.15, -0.1) is 0 Å². The van der Waals surface area contributed by atoms with Gasteiger partial charge < -0.3 is 15.5 Å². The number of piperazine rings is 1. The van der Waals surface area contributed by atoms with E-state index in [1.807, 2.05) is 32.0 Å². The second kappa shape index (κ2) is 6.05. The Morgan fingerprint density at radius 1 is 1.25 bits per heavy atom. The van der Waals surface area contributed by atoms with Crippen molar-refractivity contribution in [1.82, 2.24) is 15.5 Å². The van der Waals surface area contributed by atoms with Crippen LogP contribution in [-0.2, 0) is 4.79 Å². The highest BCUT2D eigenvalue weighted by molar-refractivity contribution is 5.98. The van der Waals surface area contributed by atoms with E-state index in [1.165, 1.54) is 0 Å². The van der Waals surface area contributed by atoms with Crippen molar-refractivity contribution in [1.29, 1.82) is 0 Å². The van der Waals surface area contributed by atoms with E-state index in [4.69, 9.17) is 0 Å². The van der Waals surface area contributed by atoms with E-state index in [9.17, 15) is 9.59 Å². The highest BCUT2D eigenvalue weighted by Gasteiger charge is 2.32. The van der Waals surface area contributed by atoms with Gasteiger partial charge in [0.15, 0.2) is 0 Å². The molecule has 1 fully saturated rings. The maximum atomic E-state index is 12.7. The molecule has 1 aromatic carbocycles. The van der Waals surface area contributed by atoms with Crippen LogP contribution in [0.4, 0.5) is 0 Å². The van der Waals surface area contributed by atoms with Gasteiger partial charge in [0.1, 0.15) is 6.04 Å². The molecule has 5 heteroatoms. The summed E-state index contributed by atoms with van der Waals surface area (Å²) >= 11 is 0. The van der Waals surface area contributed by atoms with E-state index in [0.717, 1.165) is 11.1 Å². The number of carbonyl (C=O) groups excluding carboxylic acids is 2. The molecule has 1 aromatic rings. The van der Waals surface area contributed by atoms with Crippen LogP contribution in [0, 0.1) is 13.8 Å². The van der Waals surface area contributed by atoms with Gasteiger partial charge in [0.05, 0.1) is 0 Å². The van der Waals surface area contributed by atoms with Crippen LogP contribution in [0.25, 0.3) is 0 Å². The van der Waals surface area contributed by atoms with E-state index in [-0.39, 0.29) is 11.8 Å². The first-order valence-corrected chi connectivity index (χ1v) is 6.84. The normalized spacial score (nSPS) is 18.8. The fraction of sp³-hybridized carbons (Fsp3) is 0.467. The number of rotatable bonds is 2. The Morgan fingerprint density at radius 3 is 2.50 bits per heavy atom. The Kier molecular flexibility index (Phi) is 4.39. The average Bonchev–Trinajstić information content (AvgIpc) is 2.44. The monoisotopic (exact) mass is 275 g/mol. The number of hydrogen-bond acceptors (Lipinski definition) is 3. The zero-order valence-corrected chi connectivity index (χ0v) is 12.2. The quantitative estimate of drug-likeness (QED) is 0.824. The number of amides is 2. The van der Waals surface area contributed by atoms with Crippen LogP contribution in [0.15, 0.2) is 18.2 Å². The Hall–Kier alpha value is -1.88. The largest absolute Gasteiger partial charge is 0.357 e. The van der Waals surface area contributed by atoms with E-state index in [0.29, 0.717) is 25.2 Å². The molecule has 20 heavy (non-hydrogen) atoms. The van der Waals surface area contributed by atoms with Gasteiger partial charge in [0.25, 0.3) is 5.91 Å². The van der Waals surface area contributed by atoms with Gasteiger partial charge in [0, 0.05) is 32.2 Å². The van der Waals surface area contributed by atoms with Gasteiger partial charge in [-0.3, -0.25) is 9.59 Å². The topological polar surface area (TPSA) is 61.4 Å². The zero-order chi connectivity index (χ0) is 14.7. The number of likely N-dealkylation sites (N-methyl/N-ethyl adjacent to an activating group) is 1. The van der Waals surface area contributed by atoms with E-state index >= 15 is 0 Å². The summed E-state index contributed by atoms with van der Waals surface area (Å²) in [4.78, 5) is 26.2. The molecular weight excluding hydrogens is 254 g/mol. The molecule has 0 spiro atoms. The molecule has 1 saturated heterocycles. The summed E-state index contributed by atoms with van der Waals surface area (Å²) in [5.74, 6) is -0.207. The van der Waals surface area contributed by atoms with Crippen molar-refractivity contribution in [3.8, 4) is 0 Å². The van der Waals surface area contributed by atoms with Crippen LogP contribution in [0.5, 0.6) is 0 Å². The summed E-state index contributed by atoms with van der Waals surface area (Å²) in [6, 6.07) is 5.34. The van der Waals surface area contributed by atoms with Crippen molar-refractivity contribution in [3.05, 3.63) is 34.9 Å². The Balaban J connectivity index is 2.27. The van der Waals surface area contributed by atoms with Crippen LogP contribution in [0.2, 0.25) is 0 Å². The molecule has 2 N–H and O–H groups in total. The fourth-order valence-electron chi connectivity index (χ4n) is 2.61. The molecule has 0 aromatic heterocycles. The molecule has 0 saturated carbocycles. The van der Waals surface area contributed by atoms with Crippen LogP contribution < -0.4 is 10.6 Å². The number of nitrogens with zero attached hydrogens (tertiary/aromatic N) is 1. The van der Waals surface area contributed by atoms with E-state index in [1.54, 1.807) is 11.9 Å². The fourth-order valence-corrected chi connectivity index (χ4v) is 2.61. The lowest BCUT2D eigenvalue weighted by Crippen LogP contribution is -2.59. The Morgan fingerprint density at radius 2 is 1.90 bits per heavy atom. The lowest BCUT2D eigenvalue weighted by molar-refractivity contribution is -0.125. The molecule has 1 unspecified atom stereocenters. The minimum atomic E-state index is -0.443. The molecule has 1 heterocycles. The first-order valence-electron chi connectivity index (χ1n) is 6.84. The van der Waals surface area contributed by atoms with E-state index in [2.05, 4.69) is 10.6 Å². The third-order valence-corrected chi connectivity index (χ3v) is 3.52. The molecule has 0 radical (unpaired) electrons. The number of hydrogen-bond donors (Lipinski definition) is 2. The average molecular weight is 275 g/mol. The summed E-state index contributed by atoms with van der Waals surface area (Å²) in [5.41, 5.74) is 2.76. The minimum absolute atomic E-state index is 0.0769. The van der Waals surface area contributed by atoms with Gasteiger partial charge in [-0.1, -0.05) is 17.2 Å². The molecule has 2 amide bonds. The van der Waals surface area contributed by atoms with Crippen molar-refractivity contribution in [2.45, 2.75) is 19.9 Å². The highest BCUT2D eigenvalue weighted by atomic mass is 16.2. The maximum Gasteiger partial charge on any atom is 0.254 e. The van der Waals surface area contributed by atoms with Crippen LogP contribution in [0.3, 0.4) is 0 Å². The van der Waals surface area contributed by atoms with Gasteiger partial charge in [0.2, 0.25) is 5.91 Å². The molecule has 1 atom stereocenters. The summed E-state index contributed by atoms with van der Waals surface area (Å²) < 4.78 is 0. The molecular formula is C15H21N3O2. The Bertz CT molecular complexity index is 508. The number of benzene rings is 1. The first-order chi connectivity index (χ1) is 9.52. The minimum Gasteiger partial charge on any atom is -0.357 e. The van der Waals surface area contributed by atoms with Gasteiger partial charge >= 0.3 is 0 Å². The number of nitrogens with one attached hydrogen (secondary N) is 2. The van der Waals surface area contributed by atoms with Crippen molar-refractivity contribution >= 4 is 11.8 Å². The predicted molar refractivity (Wildman–Crippen MR) is 77.7 cm³/mol. The first kappa shape index (κ1) is 14.5. The number of carbonyl (C=O) groups is 2. The third-order valence-electron chi connectivity index (χ3n) is 3.52. The molecule has 0 aliphatic carbocycles. The maximum absolute atomic E-state index is 12.7. The van der Waals surface area contributed by atoms with Crippen molar-refractivity contribution in [2.24, 2.45) is 0 Å². The molecule has 1 aliphatic rings. The smallest absolute Gasteiger partial charge is 0.254 e. The summed E-state index contributed by atoms with van der Waals surface area (Å²) in [6.07, 6.45) is 0. The lowest BCUT2D eigenvalue weighted by atomic mass is 10.0. The zero-order valence-electron chi connectivity index (χ0n) is 12.2. The van der Waals surface area contributed by atoms with Crippen LogP contribution >= 0.6 is 0 Å². The van der Waals surface area contributed by atoms with Gasteiger partial charge in [-0.25, -0.2) is 0 Å². The van der Waals surface area contributed by atoms with Gasteiger partial charge in [-0.2, -0.15) is 0 Å². The molecule has 108 valence electrons.